The summed E-state index contributed by atoms with van der Waals surface area (Å²) in [4.78, 5) is 44.8. The van der Waals surface area contributed by atoms with E-state index in [1.807, 2.05) is 13.8 Å². The number of nitrogens with two attached hydrogens (primary N) is 1. The summed E-state index contributed by atoms with van der Waals surface area (Å²) in [5.41, 5.74) is 1.02. The Kier molecular flexibility index (Phi) is 6.38. The third kappa shape index (κ3) is 3.69. The van der Waals surface area contributed by atoms with Crippen LogP contribution in [0, 0.1) is 23.6 Å². The number of carbonyl (C=O) groups excluding carboxylic acids is 3. The van der Waals surface area contributed by atoms with Crippen molar-refractivity contribution in [2.45, 2.75) is 44.9 Å². The van der Waals surface area contributed by atoms with E-state index in [2.05, 4.69) is 4.98 Å². The number of phenolic OH excluding ortho intramolecular Hbond substituents is 1. The molecule has 1 aromatic heterocycles. The van der Waals surface area contributed by atoms with E-state index in [0.29, 0.717) is 6.54 Å². The highest BCUT2D eigenvalue weighted by molar-refractivity contribution is 6.24. The molecular formula is C28H31FN4O7. The molecule has 4 atom stereocenters. The SMILES string of the molecule is CC(C)Cn1ccnc1-c1cc(O)c2c(c1F)C[C@H]1C[C@H]3[C@H](N(C)C)C(=O)C(C(N)=O)=C(O)[C@@]3(O)C(=O)C1=C2O. The molecule has 1 amide bonds. The quantitative estimate of drug-likeness (QED) is 0.343. The molecule has 6 N–H and O–H groups in total. The van der Waals surface area contributed by atoms with Crippen LogP contribution in [0.5, 0.6) is 5.75 Å². The van der Waals surface area contributed by atoms with Gasteiger partial charge in [0.2, 0.25) is 5.78 Å². The van der Waals surface area contributed by atoms with Crippen LogP contribution in [-0.2, 0) is 27.3 Å². The maximum Gasteiger partial charge on any atom is 0.255 e. The monoisotopic (exact) mass is 554 g/mol. The zero-order chi connectivity index (χ0) is 29.4. The van der Waals surface area contributed by atoms with Crippen molar-refractivity contribution in [2.24, 2.45) is 23.5 Å². The molecule has 12 heteroatoms. The molecule has 1 heterocycles. The van der Waals surface area contributed by atoms with Gasteiger partial charge in [0.15, 0.2) is 11.4 Å². The maximum absolute atomic E-state index is 16.1. The van der Waals surface area contributed by atoms with E-state index in [1.165, 1.54) is 25.2 Å². The molecule has 3 aliphatic rings. The smallest absolute Gasteiger partial charge is 0.255 e. The van der Waals surface area contributed by atoms with Gasteiger partial charge in [0.1, 0.15) is 34.5 Å². The van der Waals surface area contributed by atoms with Crippen LogP contribution in [0.3, 0.4) is 0 Å². The fourth-order valence-corrected chi connectivity index (χ4v) is 6.54. The van der Waals surface area contributed by atoms with Crippen molar-refractivity contribution >= 4 is 23.2 Å². The lowest BCUT2D eigenvalue weighted by Crippen LogP contribution is -2.65. The molecule has 1 saturated carbocycles. The van der Waals surface area contributed by atoms with Crippen molar-refractivity contribution < 1.29 is 39.2 Å². The molecular weight excluding hydrogens is 523 g/mol. The second-order valence-electron chi connectivity index (χ2n) is 11.4. The molecule has 212 valence electrons. The summed E-state index contributed by atoms with van der Waals surface area (Å²) in [6, 6.07) is -0.0929. The standard InChI is InChI=1S/C28H31FN4O7/c1-11(2)10-33-6-5-31-27(33)14-9-16(34)18-13(20(14)29)7-12-8-15-21(32(3)4)23(36)19(26(30)39)25(38)28(15,40)24(37)17(12)22(18)35/h5-6,9,11-12,15,21,34-35,38,40H,7-8,10H2,1-4H3,(H2,30,39)/t12-,15-,21-,28-/m0/s1. The summed E-state index contributed by atoms with van der Waals surface area (Å²) in [7, 11) is 3.02. The minimum atomic E-state index is -2.75. The predicted molar refractivity (Wildman–Crippen MR) is 140 cm³/mol. The minimum absolute atomic E-state index is 0.0162. The average Bonchev–Trinajstić information content (AvgIpc) is 3.30. The van der Waals surface area contributed by atoms with Gasteiger partial charge in [-0.25, -0.2) is 9.37 Å². The number of rotatable bonds is 5. The first-order valence-corrected chi connectivity index (χ1v) is 12.9. The van der Waals surface area contributed by atoms with E-state index in [-0.39, 0.29) is 46.8 Å². The number of hydrogen-bond acceptors (Lipinski definition) is 9. The predicted octanol–water partition coefficient (Wildman–Crippen LogP) is 1.62. The number of imidazole rings is 1. The van der Waals surface area contributed by atoms with E-state index >= 15 is 4.39 Å². The van der Waals surface area contributed by atoms with Gasteiger partial charge in [0.05, 0.1) is 17.2 Å². The topological polar surface area (TPSA) is 179 Å². The number of fused-ring (bicyclic) bond motifs is 3. The molecule has 1 aromatic carbocycles. The Hall–Kier alpha value is -4.03. The number of primary amides is 1. The van der Waals surface area contributed by atoms with Crippen molar-refractivity contribution in [1.29, 1.82) is 0 Å². The fourth-order valence-electron chi connectivity index (χ4n) is 6.54. The molecule has 40 heavy (non-hydrogen) atoms. The summed E-state index contributed by atoms with van der Waals surface area (Å²) >= 11 is 0. The molecule has 0 spiro atoms. The molecule has 5 rings (SSSR count). The van der Waals surface area contributed by atoms with Gasteiger partial charge in [-0.05, 0) is 44.8 Å². The van der Waals surface area contributed by atoms with Crippen LogP contribution < -0.4 is 5.73 Å². The maximum atomic E-state index is 16.1. The van der Waals surface area contributed by atoms with Crippen molar-refractivity contribution in [3.63, 3.8) is 0 Å². The Balaban J connectivity index is 1.70. The summed E-state index contributed by atoms with van der Waals surface area (Å²) in [6.07, 6.45) is 2.94. The van der Waals surface area contributed by atoms with Gasteiger partial charge in [0.25, 0.3) is 5.91 Å². The molecule has 0 saturated heterocycles. The number of aromatic nitrogens is 2. The number of aliphatic hydroxyl groups excluding tert-OH is 2. The van der Waals surface area contributed by atoms with Gasteiger partial charge in [0, 0.05) is 36.0 Å². The zero-order valence-electron chi connectivity index (χ0n) is 22.5. The molecule has 0 bridgehead atoms. The first-order valence-electron chi connectivity index (χ1n) is 12.9. The van der Waals surface area contributed by atoms with Crippen LogP contribution in [0.4, 0.5) is 4.39 Å². The number of ketones is 2. The Labute approximate surface area is 229 Å². The van der Waals surface area contributed by atoms with Crippen LogP contribution in [0.2, 0.25) is 0 Å². The number of hydrogen-bond donors (Lipinski definition) is 5. The zero-order valence-corrected chi connectivity index (χ0v) is 22.5. The molecule has 3 aliphatic carbocycles. The van der Waals surface area contributed by atoms with E-state index < -0.39 is 69.6 Å². The van der Waals surface area contributed by atoms with Crippen LogP contribution in [0.25, 0.3) is 17.1 Å². The van der Waals surface area contributed by atoms with Gasteiger partial charge in [-0.1, -0.05) is 13.8 Å². The van der Waals surface area contributed by atoms with Crippen LogP contribution >= 0.6 is 0 Å². The van der Waals surface area contributed by atoms with E-state index in [0.717, 1.165) is 6.07 Å². The third-order valence-electron chi connectivity index (χ3n) is 8.17. The molecule has 11 nitrogen and oxygen atoms in total. The molecule has 2 aromatic rings. The van der Waals surface area contributed by atoms with Crippen molar-refractivity contribution in [2.75, 3.05) is 14.1 Å². The second kappa shape index (κ2) is 9.27. The Morgan fingerprint density at radius 3 is 2.55 bits per heavy atom. The number of phenols is 1. The summed E-state index contributed by atoms with van der Waals surface area (Å²) < 4.78 is 17.9. The van der Waals surface area contributed by atoms with Crippen LogP contribution in [-0.4, -0.2) is 78.1 Å². The second-order valence-corrected chi connectivity index (χ2v) is 11.4. The van der Waals surface area contributed by atoms with E-state index in [9.17, 15) is 34.8 Å². The highest BCUT2D eigenvalue weighted by Crippen LogP contribution is 2.53. The lowest BCUT2D eigenvalue weighted by Gasteiger charge is -2.50. The Morgan fingerprint density at radius 1 is 1.27 bits per heavy atom. The number of aliphatic hydroxyl groups is 3. The number of aromatic hydroxyl groups is 1. The van der Waals surface area contributed by atoms with Gasteiger partial charge < -0.3 is 30.7 Å². The number of amides is 1. The van der Waals surface area contributed by atoms with Crippen molar-refractivity contribution in [3.8, 4) is 17.1 Å². The van der Waals surface area contributed by atoms with Crippen LogP contribution in [0.1, 0.15) is 31.4 Å². The lowest BCUT2D eigenvalue weighted by atomic mass is 9.57. The highest BCUT2D eigenvalue weighted by Gasteiger charge is 2.64. The largest absolute Gasteiger partial charge is 0.508 e. The minimum Gasteiger partial charge on any atom is -0.508 e. The third-order valence-corrected chi connectivity index (χ3v) is 8.17. The number of carbonyl (C=O) groups is 3. The van der Waals surface area contributed by atoms with E-state index in [1.54, 1.807) is 10.8 Å². The number of benzene rings is 1. The summed E-state index contributed by atoms with van der Waals surface area (Å²) in [6.45, 7) is 4.53. The molecule has 0 radical (unpaired) electrons. The first-order chi connectivity index (χ1) is 18.7. The van der Waals surface area contributed by atoms with Gasteiger partial charge >= 0.3 is 0 Å². The number of Topliss-reactive ketones (excluding diaryl/α,β-unsaturated/α-hetero) is 2. The number of likely N-dealkylation sites (N-methyl/N-ethyl adjacent to an activating group) is 1. The fraction of sp³-hybridized carbons (Fsp3) is 0.429. The Morgan fingerprint density at radius 2 is 1.95 bits per heavy atom. The van der Waals surface area contributed by atoms with Crippen molar-refractivity contribution in [1.82, 2.24) is 14.5 Å². The number of halogens is 1. The highest BCUT2D eigenvalue weighted by atomic mass is 19.1. The molecule has 0 aliphatic heterocycles. The van der Waals surface area contributed by atoms with Gasteiger partial charge in [-0.2, -0.15) is 0 Å². The first kappa shape index (κ1) is 27.5. The van der Waals surface area contributed by atoms with Crippen molar-refractivity contribution in [3.05, 3.63) is 52.3 Å². The Bertz CT molecular complexity index is 1540. The average molecular weight is 555 g/mol. The van der Waals surface area contributed by atoms with Crippen LogP contribution in [0.15, 0.2) is 35.4 Å². The molecule has 0 unspecified atom stereocenters. The summed E-state index contributed by atoms with van der Waals surface area (Å²) in [5.74, 6) is -8.07. The summed E-state index contributed by atoms with van der Waals surface area (Å²) in [5, 5.41) is 44.7. The van der Waals surface area contributed by atoms with Gasteiger partial charge in [-0.15, -0.1) is 0 Å². The molecule has 1 fully saturated rings. The lowest BCUT2D eigenvalue weighted by molar-refractivity contribution is -0.153. The normalized spacial score (nSPS) is 26.4. The van der Waals surface area contributed by atoms with Gasteiger partial charge in [-0.3, -0.25) is 19.3 Å². The van der Waals surface area contributed by atoms with E-state index in [4.69, 9.17) is 5.73 Å². The number of nitrogens with zero attached hydrogens (tertiary/aromatic N) is 3.